The zero-order chi connectivity index (χ0) is 21.8. The van der Waals surface area contributed by atoms with Crippen molar-refractivity contribution in [3.63, 3.8) is 0 Å². The number of aryl methyl sites for hydroxylation is 2. The van der Waals surface area contributed by atoms with Gasteiger partial charge in [-0.25, -0.2) is 4.68 Å². The van der Waals surface area contributed by atoms with Gasteiger partial charge in [0.15, 0.2) is 6.54 Å². The SMILES string of the molecule is COc1ccccc1N1CC[NH+](CC(=O)Nc2cc(C)nn2-c2ccc(C)cc2)CC1. The smallest absolute Gasteiger partial charge is 0.280 e. The van der Waals surface area contributed by atoms with Crippen LogP contribution in [0, 0.1) is 13.8 Å². The van der Waals surface area contributed by atoms with E-state index in [9.17, 15) is 4.79 Å². The van der Waals surface area contributed by atoms with E-state index in [0.29, 0.717) is 12.4 Å². The first-order chi connectivity index (χ1) is 15.0. The van der Waals surface area contributed by atoms with Crippen molar-refractivity contribution in [2.75, 3.05) is 50.1 Å². The fourth-order valence-electron chi connectivity index (χ4n) is 4.02. The fraction of sp³-hybridized carbons (Fsp3) is 0.333. The number of rotatable bonds is 6. The predicted molar refractivity (Wildman–Crippen MR) is 122 cm³/mol. The molecule has 4 rings (SSSR count). The molecule has 7 nitrogen and oxygen atoms in total. The monoisotopic (exact) mass is 420 g/mol. The predicted octanol–water partition coefficient (Wildman–Crippen LogP) is 1.84. The van der Waals surface area contributed by atoms with Crippen molar-refractivity contribution in [1.82, 2.24) is 9.78 Å². The molecule has 2 N–H and O–H groups in total. The van der Waals surface area contributed by atoms with Crippen LogP contribution in [0.15, 0.2) is 54.6 Å². The molecule has 1 aromatic heterocycles. The molecule has 0 saturated carbocycles. The minimum atomic E-state index is 0.00834. The number of amides is 1. The van der Waals surface area contributed by atoms with Crippen LogP contribution in [-0.4, -0.2) is 55.5 Å². The second-order valence-corrected chi connectivity index (χ2v) is 8.05. The maximum atomic E-state index is 12.8. The van der Waals surface area contributed by atoms with Crippen LogP contribution in [0.1, 0.15) is 11.3 Å². The van der Waals surface area contributed by atoms with Gasteiger partial charge in [0.2, 0.25) is 0 Å². The van der Waals surface area contributed by atoms with Gasteiger partial charge in [-0.15, -0.1) is 0 Å². The molecule has 1 aliphatic rings. The Bertz CT molecular complexity index is 1040. The molecule has 0 atom stereocenters. The summed E-state index contributed by atoms with van der Waals surface area (Å²) in [6.45, 7) is 8.02. The number of methoxy groups -OCH3 is 1. The van der Waals surface area contributed by atoms with Gasteiger partial charge in [-0.1, -0.05) is 29.8 Å². The third-order valence-corrected chi connectivity index (χ3v) is 5.68. The van der Waals surface area contributed by atoms with Crippen molar-refractivity contribution in [1.29, 1.82) is 0 Å². The second-order valence-electron chi connectivity index (χ2n) is 8.05. The molecule has 1 fully saturated rings. The van der Waals surface area contributed by atoms with Crippen molar-refractivity contribution in [2.45, 2.75) is 13.8 Å². The molecule has 1 aliphatic heterocycles. The first-order valence-corrected chi connectivity index (χ1v) is 10.7. The summed E-state index contributed by atoms with van der Waals surface area (Å²) in [5, 5.41) is 7.61. The van der Waals surface area contributed by atoms with E-state index < -0.39 is 0 Å². The molecular weight excluding hydrogens is 390 g/mol. The summed E-state index contributed by atoms with van der Waals surface area (Å²) in [4.78, 5) is 16.4. The molecular formula is C24H30N5O2+. The number of benzene rings is 2. The topological polar surface area (TPSA) is 63.8 Å². The Labute approximate surface area is 183 Å². The van der Waals surface area contributed by atoms with Crippen LogP contribution < -0.4 is 19.9 Å². The van der Waals surface area contributed by atoms with Gasteiger partial charge in [0.05, 0.1) is 50.4 Å². The molecule has 0 spiro atoms. The quantitative estimate of drug-likeness (QED) is 0.639. The number of hydrogen-bond donors (Lipinski definition) is 2. The zero-order valence-electron chi connectivity index (χ0n) is 18.4. The molecule has 1 saturated heterocycles. The lowest BCUT2D eigenvalue weighted by Crippen LogP contribution is -3.15. The number of aromatic nitrogens is 2. The molecule has 3 aromatic rings. The Hall–Kier alpha value is -3.32. The van der Waals surface area contributed by atoms with Crippen molar-refractivity contribution >= 4 is 17.4 Å². The lowest BCUT2D eigenvalue weighted by molar-refractivity contribution is -0.892. The van der Waals surface area contributed by atoms with E-state index in [1.165, 1.54) is 10.5 Å². The van der Waals surface area contributed by atoms with Crippen LogP contribution in [0.2, 0.25) is 0 Å². The number of carbonyl (C=O) groups is 1. The zero-order valence-corrected chi connectivity index (χ0v) is 18.4. The highest BCUT2D eigenvalue weighted by molar-refractivity contribution is 5.91. The number of para-hydroxylation sites is 2. The van der Waals surface area contributed by atoms with Gasteiger partial charge >= 0.3 is 0 Å². The number of hydrogen-bond acceptors (Lipinski definition) is 4. The highest BCUT2D eigenvalue weighted by Crippen LogP contribution is 2.27. The van der Waals surface area contributed by atoms with Gasteiger partial charge in [0.1, 0.15) is 11.6 Å². The Morgan fingerprint density at radius 1 is 1.10 bits per heavy atom. The van der Waals surface area contributed by atoms with E-state index in [1.807, 2.05) is 55.5 Å². The Morgan fingerprint density at radius 3 is 2.52 bits per heavy atom. The number of ether oxygens (including phenoxy) is 1. The standard InChI is InChI=1S/C24H29N5O2/c1-18-8-10-20(11-9-18)29-23(16-19(2)26-29)25-24(30)17-27-12-14-28(15-13-27)21-6-4-5-7-22(21)31-3/h4-11,16H,12-15,17H2,1-3H3,(H,25,30)/p+1. The summed E-state index contributed by atoms with van der Waals surface area (Å²) in [6.07, 6.45) is 0. The van der Waals surface area contributed by atoms with Crippen LogP contribution >= 0.6 is 0 Å². The average molecular weight is 421 g/mol. The number of quaternary nitrogens is 1. The van der Waals surface area contributed by atoms with E-state index in [4.69, 9.17) is 4.74 Å². The second kappa shape index (κ2) is 9.22. The van der Waals surface area contributed by atoms with Crippen molar-refractivity contribution in [2.24, 2.45) is 0 Å². The summed E-state index contributed by atoms with van der Waals surface area (Å²) >= 11 is 0. The summed E-state index contributed by atoms with van der Waals surface area (Å²) in [7, 11) is 1.70. The summed E-state index contributed by atoms with van der Waals surface area (Å²) < 4.78 is 7.28. The van der Waals surface area contributed by atoms with Crippen molar-refractivity contribution in [3.05, 3.63) is 65.9 Å². The normalized spacial score (nSPS) is 14.5. The van der Waals surface area contributed by atoms with E-state index in [2.05, 4.69) is 28.3 Å². The van der Waals surface area contributed by atoms with E-state index in [-0.39, 0.29) is 5.91 Å². The van der Waals surface area contributed by atoms with Gasteiger partial charge in [-0.3, -0.25) is 4.79 Å². The van der Waals surface area contributed by atoms with Gasteiger partial charge in [0.25, 0.3) is 5.91 Å². The Balaban J connectivity index is 1.36. The maximum Gasteiger partial charge on any atom is 0.280 e. The van der Waals surface area contributed by atoms with Gasteiger partial charge < -0.3 is 19.9 Å². The molecule has 1 amide bonds. The molecule has 0 aliphatic carbocycles. The van der Waals surface area contributed by atoms with Crippen LogP contribution in [0.5, 0.6) is 5.75 Å². The molecule has 0 bridgehead atoms. The minimum Gasteiger partial charge on any atom is -0.495 e. The van der Waals surface area contributed by atoms with Crippen molar-refractivity contribution in [3.8, 4) is 11.4 Å². The molecule has 7 heteroatoms. The third-order valence-electron chi connectivity index (χ3n) is 5.68. The summed E-state index contributed by atoms with van der Waals surface area (Å²) in [6, 6.07) is 18.1. The van der Waals surface area contributed by atoms with Gasteiger partial charge in [-0.2, -0.15) is 5.10 Å². The lowest BCUT2D eigenvalue weighted by atomic mass is 10.2. The van der Waals surface area contributed by atoms with Gasteiger partial charge in [-0.05, 0) is 38.1 Å². The summed E-state index contributed by atoms with van der Waals surface area (Å²) in [5.41, 5.74) is 4.11. The number of carbonyl (C=O) groups excluding carboxylic acids is 1. The first-order valence-electron chi connectivity index (χ1n) is 10.7. The molecule has 0 unspecified atom stereocenters. The molecule has 162 valence electrons. The number of nitrogens with one attached hydrogen (secondary N) is 2. The molecule has 31 heavy (non-hydrogen) atoms. The highest BCUT2D eigenvalue weighted by atomic mass is 16.5. The first kappa shape index (κ1) is 20.9. The largest absolute Gasteiger partial charge is 0.495 e. The minimum absolute atomic E-state index is 0.00834. The van der Waals surface area contributed by atoms with E-state index >= 15 is 0 Å². The van der Waals surface area contributed by atoms with Crippen LogP contribution in [0.25, 0.3) is 5.69 Å². The maximum absolute atomic E-state index is 12.8. The fourth-order valence-corrected chi connectivity index (χ4v) is 4.02. The van der Waals surface area contributed by atoms with Crippen LogP contribution in [0.3, 0.4) is 0 Å². The Kier molecular flexibility index (Phi) is 6.23. The molecule has 2 heterocycles. The summed E-state index contributed by atoms with van der Waals surface area (Å²) in [5.74, 6) is 1.61. The average Bonchev–Trinajstić information content (AvgIpc) is 3.14. The Morgan fingerprint density at radius 2 is 1.81 bits per heavy atom. The van der Waals surface area contributed by atoms with E-state index in [0.717, 1.165) is 49.0 Å². The van der Waals surface area contributed by atoms with Crippen LogP contribution in [-0.2, 0) is 4.79 Å². The van der Waals surface area contributed by atoms with Crippen LogP contribution in [0.4, 0.5) is 11.5 Å². The lowest BCUT2D eigenvalue weighted by Gasteiger charge is -2.34. The van der Waals surface area contributed by atoms with Gasteiger partial charge in [0, 0.05) is 6.07 Å². The number of piperazine rings is 1. The van der Waals surface area contributed by atoms with E-state index in [1.54, 1.807) is 11.8 Å². The number of anilines is 2. The number of nitrogens with zero attached hydrogens (tertiary/aromatic N) is 3. The molecule has 0 radical (unpaired) electrons. The third kappa shape index (κ3) is 4.88. The highest BCUT2D eigenvalue weighted by Gasteiger charge is 2.24. The molecule has 2 aromatic carbocycles. The van der Waals surface area contributed by atoms with Crippen molar-refractivity contribution < 1.29 is 14.4 Å².